The van der Waals surface area contributed by atoms with Gasteiger partial charge in [-0.25, -0.2) is 18.2 Å². The second kappa shape index (κ2) is 10.3. The number of aliphatic hydroxyl groups is 1. The number of aliphatic hydroxyl groups excluding tert-OH is 1. The fraction of sp³-hybridized carbons (Fsp3) is 0.393. The first kappa shape index (κ1) is 26.9. The predicted octanol–water partition coefficient (Wildman–Crippen LogP) is 4.86. The molecule has 0 aliphatic carbocycles. The summed E-state index contributed by atoms with van der Waals surface area (Å²) in [4.78, 5) is 21.3. The SMILES string of the molecule is Cc1cc(F)c(-c2nc(C(=O)Cc3cnccc3[C@H]3C[C@@H](N)[C@H](O)[C@@H](C(C)(C)C)O3)ccc2F)c(F)c1. The van der Waals surface area contributed by atoms with Crippen molar-refractivity contribution in [2.45, 2.75) is 64.9 Å². The molecule has 4 rings (SSSR count). The molecule has 3 N–H and O–H groups in total. The van der Waals surface area contributed by atoms with E-state index in [0.29, 0.717) is 23.1 Å². The summed E-state index contributed by atoms with van der Waals surface area (Å²) in [5.41, 5.74) is 6.09. The highest BCUT2D eigenvalue weighted by Gasteiger charge is 2.42. The number of hydrogen-bond donors (Lipinski definition) is 2. The highest BCUT2D eigenvalue weighted by molar-refractivity contribution is 5.96. The number of benzene rings is 1. The molecule has 1 fully saturated rings. The van der Waals surface area contributed by atoms with Crippen LogP contribution in [0.25, 0.3) is 11.3 Å². The molecule has 6 nitrogen and oxygen atoms in total. The van der Waals surface area contributed by atoms with E-state index in [1.165, 1.54) is 19.2 Å². The van der Waals surface area contributed by atoms with Crippen molar-refractivity contribution in [3.8, 4) is 11.3 Å². The molecule has 196 valence electrons. The van der Waals surface area contributed by atoms with Gasteiger partial charge in [-0.1, -0.05) is 20.8 Å². The van der Waals surface area contributed by atoms with Crippen LogP contribution in [-0.4, -0.2) is 39.1 Å². The Morgan fingerprint density at radius 2 is 1.81 bits per heavy atom. The molecule has 3 heterocycles. The summed E-state index contributed by atoms with van der Waals surface area (Å²) < 4.78 is 49.8. The molecule has 1 aromatic carbocycles. The van der Waals surface area contributed by atoms with Crippen LogP contribution in [0, 0.1) is 29.8 Å². The zero-order chi connectivity index (χ0) is 27.1. The highest BCUT2D eigenvalue weighted by atomic mass is 19.1. The number of ether oxygens (including phenoxy) is 1. The maximum atomic E-state index is 14.5. The number of pyridine rings is 2. The van der Waals surface area contributed by atoms with Gasteiger partial charge in [0.15, 0.2) is 5.78 Å². The van der Waals surface area contributed by atoms with E-state index in [-0.39, 0.29) is 17.5 Å². The standard InChI is InChI=1S/C28H30F3N3O3/c1-14-9-18(30)24(19(31)10-14)25-17(29)5-6-21(34-25)22(35)11-15-13-33-8-7-16(15)23-12-20(32)26(36)27(37-23)28(2,3)4/h5-10,13,20,23,26-27,36H,11-12,32H2,1-4H3/t20-,23-,26+,27+/m1/s1. The Morgan fingerprint density at radius 3 is 2.46 bits per heavy atom. The van der Waals surface area contributed by atoms with Crippen LogP contribution in [0.15, 0.2) is 42.7 Å². The van der Waals surface area contributed by atoms with Gasteiger partial charge in [0.25, 0.3) is 0 Å². The first-order chi connectivity index (χ1) is 17.4. The van der Waals surface area contributed by atoms with Crippen molar-refractivity contribution in [1.29, 1.82) is 0 Å². The lowest BCUT2D eigenvalue weighted by Crippen LogP contribution is -2.54. The van der Waals surface area contributed by atoms with Gasteiger partial charge < -0.3 is 15.6 Å². The summed E-state index contributed by atoms with van der Waals surface area (Å²) in [7, 11) is 0. The number of nitrogens with zero attached hydrogens (tertiary/aromatic N) is 2. The molecule has 0 radical (unpaired) electrons. The van der Waals surface area contributed by atoms with Crippen LogP contribution < -0.4 is 5.73 Å². The van der Waals surface area contributed by atoms with Gasteiger partial charge in [0.2, 0.25) is 0 Å². The fourth-order valence-corrected chi connectivity index (χ4v) is 4.70. The Kier molecular flexibility index (Phi) is 7.50. The van der Waals surface area contributed by atoms with E-state index >= 15 is 0 Å². The third-order valence-corrected chi connectivity index (χ3v) is 6.59. The monoisotopic (exact) mass is 513 g/mol. The van der Waals surface area contributed by atoms with E-state index in [1.807, 2.05) is 20.8 Å². The molecule has 9 heteroatoms. The molecule has 4 atom stereocenters. The number of Topliss-reactive ketones (excluding diaryl/α,β-unsaturated/α-hetero) is 1. The molecule has 0 bridgehead atoms. The third-order valence-electron chi connectivity index (χ3n) is 6.59. The summed E-state index contributed by atoms with van der Waals surface area (Å²) in [6, 6.07) is 5.51. The summed E-state index contributed by atoms with van der Waals surface area (Å²) in [5, 5.41) is 10.6. The molecular formula is C28H30F3N3O3. The quantitative estimate of drug-likeness (QED) is 0.473. The van der Waals surface area contributed by atoms with Gasteiger partial charge in [-0.3, -0.25) is 9.78 Å². The van der Waals surface area contributed by atoms with E-state index in [4.69, 9.17) is 10.5 Å². The predicted molar refractivity (Wildman–Crippen MR) is 132 cm³/mol. The van der Waals surface area contributed by atoms with Crippen molar-refractivity contribution >= 4 is 5.78 Å². The Bertz CT molecular complexity index is 1300. The maximum absolute atomic E-state index is 14.5. The number of nitrogens with two attached hydrogens (primary N) is 1. The molecule has 37 heavy (non-hydrogen) atoms. The van der Waals surface area contributed by atoms with Gasteiger partial charge in [-0.05, 0) is 65.8 Å². The minimum absolute atomic E-state index is 0.144. The van der Waals surface area contributed by atoms with E-state index in [0.717, 1.165) is 18.2 Å². The fourth-order valence-electron chi connectivity index (χ4n) is 4.70. The smallest absolute Gasteiger partial charge is 0.185 e. The Balaban J connectivity index is 1.64. The van der Waals surface area contributed by atoms with E-state index < -0.39 is 58.8 Å². The Morgan fingerprint density at radius 1 is 1.14 bits per heavy atom. The average Bonchev–Trinajstić information content (AvgIpc) is 2.81. The van der Waals surface area contributed by atoms with Crippen molar-refractivity contribution < 1.29 is 27.8 Å². The zero-order valence-corrected chi connectivity index (χ0v) is 21.1. The number of aromatic nitrogens is 2. The molecule has 0 unspecified atom stereocenters. The second-order valence-corrected chi connectivity index (χ2v) is 10.6. The topological polar surface area (TPSA) is 98.3 Å². The summed E-state index contributed by atoms with van der Waals surface area (Å²) in [5.74, 6) is -3.37. The molecule has 2 aromatic heterocycles. The van der Waals surface area contributed by atoms with Crippen molar-refractivity contribution in [2.75, 3.05) is 0 Å². The van der Waals surface area contributed by atoms with Crippen LogP contribution in [0.2, 0.25) is 0 Å². The summed E-state index contributed by atoms with van der Waals surface area (Å²) in [6.07, 6.45) is 1.43. The van der Waals surface area contributed by atoms with Gasteiger partial charge in [0, 0.05) is 24.9 Å². The van der Waals surface area contributed by atoms with Crippen molar-refractivity contribution in [2.24, 2.45) is 11.1 Å². The second-order valence-electron chi connectivity index (χ2n) is 10.6. The van der Waals surface area contributed by atoms with Crippen molar-refractivity contribution in [3.63, 3.8) is 0 Å². The van der Waals surface area contributed by atoms with Crippen LogP contribution in [0.4, 0.5) is 13.2 Å². The molecule has 3 aromatic rings. The largest absolute Gasteiger partial charge is 0.389 e. The Hall–Kier alpha value is -3.14. The first-order valence-corrected chi connectivity index (χ1v) is 12.0. The van der Waals surface area contributed by atoms with Crippen LogP contribution in [-0.2, 0) is 11.2 Å². The molecule has 0 saturated carbocycles. The number of hydrogen-bond acceptors (Lipinski definition) is 6. The Labute approximate surface area is 213 Å². The minimum atomic E-state index is -0.968. The highest BCUT2D eigenvalue weighted by Crippen LogP contribution is 2.39. The van der Waals surface area contributed by atoms with Gasteiger partial charge in [0.1, 0.15) is 28.8 Å². The third kappa shape index (κ3) is 5.58. The molecule has 1 saturated heterocycles. The van der Waals surface area contributed by atoms with Gasteiger partial charge in [-0.2, -0.15) is 0 Å². The van der Waals surface area contributed by atoms with E-state index in [9.17, 15) is 23.1 Å². The first-order valence-electron chi connectivity index (χ1n) is 12.0. The number of carbonyl (C=O) groups is 1. The van der Waals surface area contributed by atoms with Gasteiger partial charge >= 0.3 is 0 Å². The lowest BCUT2D eigenvalue weighted by atomic mass is 9.79. The maximum Gasteiger partial charge on any atom is 0.185 e. The lowest BCUT2D eigenvalue weighted by Gasteiger charge is -2.44. The number of halogens is 3. The number of rotatable bonds is 5. The van der Waals surface area contributed by atoms with Gasteiger partial charge in [0.05, 0.1) is 23.9 Å². The molecule has 0 amide bonds. The summed E-state index contributed by atoms with van der Waals surface area (Å²) in [6.45, 7) is 7.36. The number of aryl methyl sites for hydroxylation is 1. The van der Waals surface area contributed by atoms with E-state index in [1.54, 1.807) is 12.3 Å². The van der Waals surface area contributed by atoms with Crippen molar-refractivity contribution in [1.82, 2.24) is 9.97 Å². The molecular weight excluding hydrogens is 483 g/mol. The van der Waals surface area contributed by atoms with Crippen LogP contribution in [0.1, 0.15) is 60.5 Å². The van der Waals surface area contributed by atoms with Crippen molar-refractivity contribution in [3.05, 3.63) is 82.6 Å². The van der Waals surface area contributed by atoms with Crippen LogP contribution in [0.5, 0.6) is 0 Å². The lowest BCUT2D eigenvalue weighted by molar-refractivity contribution is -0.167. The number of ketones is 1. The van der Waals surface area contributed by atoms with E-state index in [2.05, 4.69) is 9.97 Å². The zero-order valence-electron chi connectivity index (χ0n) is 21.1. The number of carbonyl (C=O) groups excluding carboxylic acids is 1. The minimum Gasteiger partial charge on any atom is -0.389 e. The molecule has 1 aliphatic heterocycles. The molecule has 1 aliphatic rings. The van der Waals surface area contributed by atoms with Gasteiger partial charge in [-0.15, -0.1) is 0 Å². The van der Waals surface area contributed by atoms with Crippen LogP contribution in [0.3, 0.4) is 0 Å². The van der Waals surface area contributed by atoms with Crippen LogP contribution >= 0.6 is 0 Å². The average molecular weight is 514 g/mol. The summed E-state index contributed by atoms with van der Waals surface area (Å²) >= 11 is 0. The normalized spacial score (nSPS) is 22.2. The molecule has 0 spiro atoms.